The van der Waals surface area contributed by atoms with Gasteiger partial charge in [0.15, 0.2) is 5.82 Å². The zero-order valence-corrected chi connectivity index (χ0v) is 11.7. The van der Waals surface area contributed by atoms with E-state index in [2.05, 4.69) is 4.98 Å². The molecule has 0 aliphatic carbocycles. The summed E-state index contributed by atoms with van der Waals surface area (Å²) >= 11 is 0. The molecule has 1 fully saturated rings. The maximum atomic E-state index is 13.6. The van der Waals surface area contributed by atoms with Crippen LogP contribution in [0.2, 0.25) is 0 Å². The first-order chi connectivity index (χ1) is 8.75. The summed E-state index contributed by atoms with van der Waals surface area (Å²) < 4.78 is 39.5. The Bertz CT molecular complexity index is 574. The number of piperidine rings is 1. The van der Waals surface area contributed by atoms with Gasteiger partial charge in [-0.25, -0.2) is 17.8 Å². The number of aliphatic hydroxyl groups is 1. The van der Waals surface area contributed by atoms with Crippen LogP contribution in [0.4, 0.5) is 4.39 Å². The summed E-state index contributed by atoms with van der Waals surface area (Å²) in [4.78, 5) is 3.62. The molecule has 1 aliphatic heterocycles. The molecule has 1 unspecified atom stereocenters. The van der Waals surface area contributed by atoms with Gasteiger partial charge in [0, 0.05) is 24.7 Å². The van der Waals surface area contributed by atoms with Gasteiger partial charge in [-0.15, -0.1) is 0 Å². The van der Waals surface area contributed by atoms with Crippen LogP contribution in [0, 0.1) is 11.2 Å². The summed E-state index contributed by atoms with van der Waals surface area (Å²) in [6, 6.07) is 2.42. The Kier molecular flexibility index (Phi) is 3.63. The minimum atomic E-state index is -3.95. The number of aromatic nitrogens is 1. The molecule has 2 rings (SSSR count). The number of hydrogen-bond acceptors (Lipinski definition) is 4. The molecule has 19 heavy (non-hydrogen) atoms. The molecule has 0 spiro atoms. The standard InChI is InChI=1S/C12H17FN2O3S/c1-12(2)8-15(7-5-10(12)16)19(17,18)11-9(13)4-3-6-14-11/h3-4,6,10,16H,5,7-8H2,1-2H3. The van der Waals surface area contributed by atoms with Gasteiger partial charge >= 0.3 is 0 Å². The number of rotatable bonds is 2. The Balaban J connectivity index is 2.34. The molecule has 0 radical (unpaired) electrons. The molecule has 0 aromatic carbocycles. The Labute approximate surface area is 112 Å². The third kappa shape index (κ3) is 2.63. The van der Waals surface area contributed by atoms with Crippen molar-refractivity contribution >= 4 is 10.0 Å². The molecular weight excluding hydrogens is 271 g/mol. The molecule has 0 bridgehead atoms. The van der Waals surface area contributed by atoms with Crippen molar-refractivity contribution in [2.24, 2.45) is 5.41 Å². The van der Waals surface area contributed by atoms with Crippen LogP contribution in [0.25, 0.3) is 0 Å². The van der Waals surface area contributed by atoms with Gasteiger partial charge in [-0.2, -0.15) is 4.31 Å². The lowest BCUT2D eigenvalue weighted by molar-refractivity contribution is -0.000420. The highest BCUT2D eigenvalue weighted by Crippen LogP contribution is 2.32. The van der Waals surface area contributed by atoms with Gasteiger partial charge in [-0.1, -0.05) is 13.8 Å². The minimum absolute atomic E-state index is 0.145. The van der Waals surface area contributed by atoms with Crippen molar-refractivity contribution in [2.45, 2.75) is 31.4 Å². The minimum Gasteiger partial charge on any atom is -0.392 e. The number of sulfonamides is 1. The van der Waals surface area contributed by atoms with Crippen molar-refractivity contribution in [1.29, 1.82) is 0 Å². The number of nitrogens with zero attached hydrogens (tertiary/aromatic N) is 2. The third-order valence-corrected chi connectivity index (χ3v) is 5.23. The zero-order chi connectivity index (χ0) is 14.3. The van der Waals surface area contributed by atoms with Gasteiger partial charge < -0.3 is 5.11 Å². The largest absolute Gasteiger partial charge is 0.392 e. The van der Waals surface area contributed by atoms with Crippen molar-refractivity contribution in [3.63, 3.8) is 0 Å². The van der Waals surface area contributed by atoms with Crippen molar-refractivity contribution < 1.29 is 17.9 Å². The Hall–Kier alpha value is -1.05. The predicted octanol–water partition coefficient (Wildman–Crippen LogP) is 1.00. The lowest BCUT2D eigenvalue weighted by Gasteiger charge is -2.40. The highest BCUT2D eigenvalue weighted by molar-refractivity contribution is 7.89. The first kappa shape index (κ1) is 14.4. The smallest absolute Gasteiger partial charge is 0.263 e. The molecule has 1 aliphatic rings. The zero-order valence-electron chi connectivity index (χ0n) is 10.9. The topological polar surface area (TPSA) is 70.5 Å². The van der Waals surface area contributed by atoms with Crippen LogP contribution in [0.5, 0.6) is 0 Å². The Morgan fingerprint density at radius 2 is 2.21 bits per heavy atom. The highest BCUT2D eigenvalue weighted by atomic mass is 32.2. The van der Waals surface area contributed by atoms with Crippen molar-refractivity contribution in [1.82, 2.24) is 9.29 Å². The van der Waals surface area contributed by atoms with Gasteiger partial charge in [0.1, 0.15) is 0 Å². The van der Waals surface area contributed by atoms with Gasteiger partial charge in [-0.05, 0) is 18.6 Å². The van der Waals surface area contributed by atoms with E-state index in [1.165, 1.54) is 16.6 Å². The van der Waals surface area contributed by atoms with E-state index in [0.29, 0.717) is 6.42 Å². The van der Waals surface area contributed by atoms with Crippen molar-refractivity contribution in [3.8, 4) is 0 Å². The van der Waals surface area contributed by atoms with Crippen LogP contribution in [0.15, 0.2) is 23.4 Å². The van der Waals surface area contributed by atoms with E-state index in [9.17, 15) is 17.9 Å². The van der Waals surface area contributed by atoms with E-state index in [0.717, 1.165) is 6.07 Å². The van der Waals surface area contributed by atoms with Crippen molar-refractivity contribution in [2.75, 3.05) is 13.1 Å². The Morgan fingerprint density at radius 1 is 1.53 bits per heavy atom. The maximum Gasteiger partial charge on any atom is 0.263 e. The molecule has 1 saturated heterocycles. The molecule has 106 valence electrons. The molecule has 5 nitrogen and oxygen atoms in total. The summed E-state index contributed by atoms with van der Waals surface area (Å²) in [5, 5.41) is 9.28. The van der Waals surface area contributed by atoms with E-state index >= 15 is 0 Å². The van der Waals surface area contributed by atoms with E-state index < -0.39 is 32.4 Å². The first-order valence-electron chi connectivity index (χ1n) is 6.04. The lowest BCUT2D eigenvalue weighted by atomic mass is 9.82. The molecular formula is C12H17FN2O3S. The summed E-state index contributed by atoms with van der Waals surface area (Å²) in [5.74, 6) is -0.855. The molecule has 2 heterocycles. The predicted molar refractivity (Wildman–Crippen MR) is 67.4 cm³/mol. The monoisotopic (exact) mass is 288 g/mol. The van der Waals surface area contributed by atoms with Gasteiger partial charge in [-0.3, -0.25) is 0 Å². The van der Waals surface area contributed by atoms with Gasteiger partial charge in [0.05, 0.1) is 6.10 Å². The van der Waals surface area contributed by atoms with Crippen LogP contribution in [-0.4, -0.2) is 42.0 Å². The summed E-state index contributed by atoms with van der Waals surface area (Å²) in [5.41, 5.74) is -0.559. The molecule has 1 atom stereocenters. The maximum absolute atomic E-state index is 13.6. The molecule has 1 aromatic rings. The van der Waals surface area contributed by atoms with E-state index in [1.807, 2.05) is 0 Å². The van der Waals surface area contributed by atoms with E-state index in [4.69, 9.17) is 0 Å². The van der Waals surface area contributed by atoms with Crippen LogP contribution in [-0.2, 0) is 10.0 Å². The number of halogens is 1. The third-order valence-electron chi connectivity index (χ3n) is 3.45. The molecule has 7 heteroatoms. The summed E-state index contributed by atoms with van der Waals surface area (Å²) in [7, 11) is -3.95. The average molecular weight is 288 g/mol. The molecule has 0 amide bonds. The van der Waals surface area contributed by atoms with Gasteiger partial charge in [0.2, 0.25) is 5.03 Å². The second-order valence-corrected chi connectivity index (χ2v) is 7.28. The fraction of sp³-hybridized carbons (Fsp3) is 0.583. The number of pyridine rings is 1. The van der Waals surface area contributed by atoms with E-state index in [1.54, 1.807) is 13.8 Å². The molecule has 0 saturated carbocycles. The van der Waals surface area contributed by atoms with Gasteiger partial charge in [0.25, 0.3) is 10.0 Å². The van der Waals surface area contributed by atoms with Crippen LogP contribution in [0.3, 0.4) is 0 Å². The number of aliphatic hydroxyl groups excluding tert-OH is 1. The quantitative estimate of drug-likeness (QED) is 0.881. The second kappa shape index (κ2) is 4.81. The highest BCUT2D eigenvalue weighted by Gasteiger charge is 2.40. The first-order valence-corrected chi connectivity index (χ1v) is 7.48. The summed E-state index contributed by atoms with van der Waals surface area (Å²) in [6.07, 6.45) is 1.02. The van der Waals surface area contributed by atoms with Crippen LogP contribution >= 0.6 is 0 Å². The fourth-order valence-electron chi connectivity index (χ4n) is 2.18. The molecule has 1 aromatic heterocycles. The average Bonchev–Trinajstić information content (AvgIpc) is 2.32. The fourth-order valence-corrected chi connectivity index (χ4v) is 3.79. The SMILES string of the molecule is CC1(C)CN(S(=O)(=O)c2ncccc2F)CCC1O. The second-order valence-electron chi connectivity index (χ2n) is 5.42. The Morgan fingerprint density at radius 3 is 2.79 bits per heavy atom. The normalized spacial score (nSPS) is 24.3. The summed E-state index contributed by atoms with van der Waals surface area (Å²) in [6.45, 7) is 3.89. The van der Waals surface area contributed by atoms with Crippen LogP contribution < -0.4 is 0 Å². The van der Waals surface area contributed by atoms with Crippen LogP contribution in [0.1, 0.15) is 20.3 Å². The van der Waals surface area contributed by atoms with Crippen molar-refractivity contribution in [3.05, 3.63) is 24.1 Å². The number of hydrogen-bond donors (Lipinski definition) is 1. The lowest BCUT2D eigenvalue weighted by Crippen LogP contribution is -2.50. The van der Waals surface area contributed by atoms with E-state index in [-0.39, 0.29) is 13.1 Å². The molecule has 1 N–H and O–H groups in total.